The SMILES string of the molecule is C/C=C/C(=O)CC1CC[C@@H](C)[C@@H](CC(=O)OCC)O1. The predicted octanol–water partition coefficient (Wildman–Crippen LogP) is 2.66. The molecule has 4 nitrogen and oxygen atoms in total. The Labute approximate surface area is 115 Å². The van der Waals surface area contributed by atoms with Gasteiger partial charge in [0.2, 0.25) is 0 Å². The lowest BCUT2D eigenvalue weighted by molar-refractivity contribution is -0.152. The van der Waals surface area contributed by atoms with Crippen LogP contribution in [0.4, 0.5) is 0 Å². The van der Waals surface area contributed by atoms with E-state index in [9.17, 15) is 9.59 Å². The van der Waals surface area contributed by atoms with E-state index in [-0.39, 0.29) is 30.4 Å². The van der Waals surface area contributed by atoms with Gasteiger partial charge >= 0.3 is 5.97 Å². The second-order valence-corrected chi connectivity index (χ2v) is 5.03. The van der Waals surface area contributed by atoms with E-state index in [0.29, 0.717) is 18.9 Å². The van der Waals surface area contributed by atoms with E-state index in [1.54, 1.807) is 19.1 Å². The first-order valence-corrected chi connectivity index (χ1v) is 7.03. The van der Waals surface area contributed by atoms with E-state index in [0.717, 1.165) is 12.8 Å². The minimum absolute atomic E-state index is 0.0701. The molecule has 4 heteroatoms. The standard InChI is InChI=1S/C15H24O4/c1-4-6-12(16)9-13-8-7-11(3)14(19-13)10-15(17)18-5-2/h4,6,11,13-14H,5,7-10H2,1-3H3/b6-4+/t11-,13?,14-/m1/s1. The van der Waals surface area contributed by atoms with Crippen LogP contribution in [-0.4, -0.2) is 30.6 Å². The van der Waals surface area contributed by atoms with Gasteiger partial charge in [-0.05, 0) is 38.7 Å². The highest BCUT2D eigenvalue weighted by Crippen LogP contribution is 2.28. The van der Waals surface area contributed by atoms with Crippen molar-refractivity contribution in [3.8, 4) is 0 Å². The summed E-state index contributed by atoms with van der Waals surface area (Å²) in [7, 11) is 0. The molecule has 108 valence electrons. The molecule has 0 radical (unpaired) electrons. The highest BCUT2D eigenvalue weighted by atomic mass is 16.5. The van der Waals surface area contributed by atoms with E-state index < -0.39 is 0 Å². The smallest absolute Gasteiger partial charge is 0.308 e. The molecule has 0 bridgehead atoms. The Morgan fingerprint density at radius 2 is 2.05 bits per heavy atom. The molecule has 1 saturated heterocycles. The van der Waals surface area contributed by atoms with Crippen LogP contribution in [0, 0.1) is 5.92 Å². The molecule has 1 fully saturated rings. The zero-order valence-corrected chi connectivity index (χ0v) is 12.1. The van der Waals surface area contributed by atoms with Gasteiger partial charge < -0.3 is 9.47 Å². The third kappa shape index (κ3) is 5.55. The van der Waals surface area contributed by atoms with Crippen LogP contribution < -0.4 is 0 Å². The molecule has 0 aromatic rings. The van der Waals surface area contributed by atoms with Gasteiger partial charge in [-0.2, -0.15) is 0 Å². The second-order valence-electron chi connectivity index (χ2n) is 5.03. The van der Waals surface area contributed by atoms with Crippen molar-refractivity contribution < 1.29 is 19.1 Å². The molecular formula is C15H24O4. The van der Waals surface area contributed by atoms with Crippen LogP contribution in [0.1, 0.15) is 46.5 Å². The first-order valence-electron chi connectivity index (χ1n) is 7.03. The number of hydrogen-bond donors (Lipinski definition) is 0. The van der Waals surface area contributed by atoms with Crippen molar-refractivity contribution in [2.75, 3.05) is 6.61 Å². The molecule has 1 aliphatic rings. The molecule has 0 spiro atoms. The number of esters is 1. The maximum Gasteiger partial charge on any atom is 0.308 e. The summed E-state index contributed by atoms with van der Waals surface area (Å²) < 4.78 is 10.8. The van der Waals surface area contributed by atoms with Crippen LogP contribution in [0.15, 0.2) is 12.2 Å². The number of ether oxygens (including phenoxy) is 2. The molecule has 1 unspecified atom stereocenters. The Balaban J connectivity index is 2.48. The van der Waals surface area contributed by atoms with Gasteiger partial charge in [0.25, 0.3) is 0 Å². The lowest BCUT2D eigenvalue weighted by atomic mass is 9.90. The first kappa shape index (κ1) is 15.9. The van der Waals surface area contributed by atoms with Crippen molar-refractivity contribution in [3.05, 3.63) is 12.2 Å². The Hall–Kier alpha value is -1.16. The first-order chi connectivity index (χ1) is 9.06. The third-order valence-corrected chi connectivity index (χ3v) is 3.40. The van der Waals surface area contributed by atoms with Crippen LogP contribution in [0.25, 0.3) is 0 Å². The van der Waals surface area contributed by atoms with Gasteiger partial charge in [0.15, 0.2) is 5.78 Å². The van der Waals surface area contributed by atoms with Crippen molar-refractivity contribution in [3.63, 3.8) is 0 Å². The second kappa shape index (κ2) is 8.10. The molecule has 1 rings (SSSR count). The van der Waals surface area contributed by atoms with Gasteiger partial charge in [0.05, 0.1) is 25.2 Å². The maximum atomic E-state index is 11.6. The summed E-state index contributed by atoms with van der Waals surface area (Å²) in [4.78, 5) is 23.1. The van der Waals surface area contributed by atoms with E-state index in [1.807, 2.05) is 6.92 Å². The molecule has 1 aliphatic heterocycles. The van der Waals surface area contributed by atoms with Crippen molar-refractivity contribution in [1.82, 2.24) is 0 Å². The largest absolute Gasteiger partial charge is 0.466 e. The molecule has 19 heavy (non-hydrogen) atoms. The number of ketones is 1. The van der Waals surface area contributed by atoms with E-state index >= 15 is 0 Å². The summed E-state index contributed by atoms with van der Waals surface area (Å²) in [6, 6.07) is 0. The molecule has 0 saturated carbocycles. The molecule has 1 heterocycles. The number of rotatable bonds is 6. The van der Waals surface area contributed by atoms with Gasteiger partial charge in [-0.15, -0.1) is 0 Å². The number of carbonyl (C=O) groups excluding carboxylic acids is 2. The molecule has 0 amide bonds. The average Bonchev–Trinajstić information content (AvgIpc) is 2.34. The lowest BCUT2D eigenvalue weighted by Gasteiger charge is -2.34. The quantitative estimate of drug-likeness (QED) is 0.549. The topological polar surface area (TPSA) is 52.6 Å². The summed E-state index contributed by atoms with van der Waals surface area (Å²) >= 11 is 0. The summed E-state index contributed by atoms with van der Waals surface area (Å²) in [6.45, 7) is 6.09. The molecule has 0 aromatic carbocycles. The molecular weight excluding hydrogens is 244 g/mol. The Morgan fingerprint density at radius 1 is 1.32 bits per heavy atom. The van der Waals surface area contributed by atoms with Gasteiger partial charge in [-0.3, -0.25) is 9.59 Å². The fourth-order valence-corrected chi connectivity index (χ4v) is 2.35. The normalized spacial score (nSPS) is 27.4. The number of allylic oxidation sites excluding steroid dienone is 2. The Bertz CT molecular complexity index is 335. The maximum absolute atomic E-state index is 11.6. The highest BCUT2D eigenvalue weighted by Gasteiger charge is 2.31. The van der Waals surface area contributed by atoms with E-state index in [1.165, 1.54) is 0 Å². The zero-order valence-electron chi connectivity index (χ0n) is 12.1. The molecule has 0 aromatic heterocycles. The van der Waals surface area contributed by atoms with Crippen molar-refractivity contribution in [2.24, 2.45) is 5.92 Å². The van der Waals surface area contributed by atoms with Crippen molar-refractivity contribution in [1.29, 1.82) is 0 Å². The van der Waals surface area contributed by atoms with Crippen LogP contribution in [0.2, 0.25) is 0 Å². The summed E-state index contributed by atoms with van der Waals surface area (Å²) in [5, 5.41) is 0. The zero-order chi connectivity index (χ0) is 14.3. The van der Waals surface area contributed by atoms with Crippen molar-refractivity contribution >= 4 is 11.8 Å². The summed E-state index contributed by atoms with van der Waals surface area (Å²) in [5.41, 5.74) is 0. The van der Waals surface area contributed by atoms with Gasteiger partial charge in [-0.1, -0.05) is 13.0 Å². The van der Waals surface area contributed by atoms with Gasteiger partial charge in [0.1, 0.15) is 0 Å². The molecule has 0 N–H and O–H groups in total. The predicted molar refractivity (Wildman–Crippen MR) is 72.7 cm³/mol. The summed E-state index contributed by atoms with van der Waals surface area (Å²) in [5.74, 6) is 0.189. The van der Waals surface area contributed by atoms with Crippen molar-refractivity contribution in [2.45, 2.75) is 58.7 Å². The average molecular weight is 268 g/mol. The lowest BCUT2D eigenvalue weighted by Crippen LogP contribution is -2.36. The Morgan fingerprint density at radius 3 is 2.68 bits per heavy atom. The molecule has 3 atom stereocenters. The Kier molecular flexibility index (Phi) is 6.78. The summed E-state index contributed by atoms with van der Waals surface area (Å²) in [6.07, 6.45) is 5.66. The molecule has 0 aliphatic carbocycles. The fourth-order valence-electron chi connectivity index (χ4n) is 2.35. The van der Waals surface area contributed by atoms with Crippen LogP contribution in [0.3, 0.4) is 0 Å². The van der Waals surface area contributed by atoms with Gasteiger partial charge in [0, 0.05) is 6.42 Å². The highest BCUT2D eigenvalue weighted by molar-refractivity contribution is 5.89. The minimum atomic E-state index is -0.222. The van der Waals surface area contributed by atoms with E-state index in [4.69, 9.17) is 9.47 Å². The van der Waals surface area contributed by atoms with E-state index in [2.05, 4.69) is 6.92 Å². The van der Waals surface area contributed by atoms with Crippen LogP contribution in [0.5, 0.6) is 0 Å². The minimum Gasteiger partial charge on any atom is -0.466 e. The van der Waals surface area contributed by atoms with Gasteiger partial charge in [-0.25, -0.2) is 0 Å². The third-order valence-electron chi connectivity index (χ3n) is 3.40. The van der Waals surface area contributed by atoms with Crippen LogP contribution in [-0.2, 0) is 19.1 Å². The number of hydrogen-bond acceptors (Lipinski definition) is 4. The number of carbonyl (C=O) groups is 2. The fraction of sp³-hybridized carbons (Fsp3) is 0.733. The van der Waals surface area contributed by atoms with Crippen LogP contribution >= 0.6 is 0 Å². The monoisotopic (exact) mass is 268 g/mol.